The number of ether oxygens (including phenoxy) is 1. The number of sulfonamides is 1. The van der Waals surface area contributed by atoms with Crippen LogP contribution in [0.1, 0.15) is 33.6 Å². The van der Waals surface area contributed by atoms with Gasteiger partial charge in [0.2, 0.25) is 0 Å². The molecule has 0 heterocycles. The smallest absolute Gasteiger partial charge is 0.424 e. The van der Waals surface area contributed by atoms with Gasteiger partial charge in [0.15, 0.2) is 4.90 Å². The third-order valence-electron chi connectivity index (χ3n) is 3.49. The van der Waals surface area contributed by atoms with Crippen molar-refractivity contribution in [1.82, 2.24) is 4.31 Å². The number of hydrogen-bond donors (Lipinski definition) is 0. The first-order valence-corrected chi connectivity index (χ1v) is 9.14. The maximum Gasteiger partial charge on any atom is 0.424 e. The summed E-state index contributed by atoms with van der Waals surface area (Å²) in [7, 11) is -4.45. The molecule has 136 valence electrons. The normalized spacial score (nSPS) is 15.2. The van der Waals surface area contributed by atoms with Gasteiger partial charge in [-0.15, -0.1) is 0 Å². The summed E-state index contributed by atoms with van der Waals surface area (Å²) in [5.74, 6) is 0. The van der Waals surface area contributed by atoms with E-state index in [1.165, 1.54) is 12.1 Å². The molecular formula is C16H20N2O6S. The van der Waals surface area contributed by atoms with Gasteiger partial charge >= 0.3 is 6.09 Å². The number of para-hydroxylation sites is 1. The van der Waals surface area contributed by atoms with E-state index in [0.29, 0.717) is 17.1 Å². The predicted octanol–water partition coefficient (Wildman–Crippen LogP) is 3.24. The molecule has 1 aromatic rings. The molecular weight excluding hydrogens is 348 g/mol. The largest absolute Gasteiger partial charge is 0.443 e. The number of benzene rings is 1. The average molecular weight is 368 g/mol. The Labute approximate surface area is 146 Å². The first-order chi connectivity index (χ1) is 11.5. The van der Waals surface area contributed by atoms with E-state index in [-0.39, 0.29) is 0 Å². The van der Waals surface area contributed by atoms with Crippen molar-refractivity contribution in [2.24, 2.45) is 0 Å². The SMILES string of the molecule is CC(C)(C)OC(=O)N(C1CC=CC1)S(=O)(=O)c1ccccc1[N+](=O)[O-]. The lowest BCUT2D eigenvalue weighted by atomic mass is 10.2. The first-order valence-electron chi connectivity index (χ1n) is 7.70. The van der Waals surface area contributed by atoms with Crippen LogP contribution in [-0.4, -0.2) is 35.4 Å². The molecule has 8 nitrogen and oxygen atoms in total. The summed E-state index contributed by atoms with van der Waals surface area (Å²) in [6.45, 7) is 4.86. The lowest BCUT2D eigenvalue weighted by Crippen LogP contribution is -2.46. The van der Waals surface area contributed by atoms with Crippen LogP contribution < -0.4 is 0 Å². The van der Waals surface area contributed by atoms with Gasteiger partial charge in [0.05, 0.1) is 11.0 Å². The van der Waals surface area contributed by atoms with Gasteiger partial charge in [-0.25, -0.2) is 13.2 Å². The maximum atomic E-state index is 13.1. The lowest BCUT2D eigenvalue weighted by Gasteiger charge is -2.30. The molecule has 0 bridgehead atoms. The second kappa shape index (κ2) is 6.83. The Balaban J connectivity index is 2.53. The molecule has 0 fully saturated rings. The molecule has 0 radical (unpaired) electrons. The lowest BCUT2D eigenvalue weighted by molar-refractivity contribution is -0.387. The Morgan fingerprint density at radius 3 is 2.32 bits per heavy atom. The molecule has 0 N–H and O–H groups in total. The highest BCUT2D eigenvalue weighted by Gasteiger charge is 2.41. The van der Waals surface area contributed by atoms with Crippen molar-refractivity contribution in [3.05, 3.63) is 46.5 Å². The Bertz CT molecular complexity index is 802. The highest BCUT2D eigenvalue weighted by Crippen LogP contribution is 2.31. The van der Waals surface area contributed by atoms with Crippen molar-refractivity contribution >= 4 is 21.8 Å². The molecule has 0 saturated carbocycles. The second-order valence-electron chi connectivity index (χ2n) is 6.60. The minimum absolute atomic E-state index is 0.332. The molecule has 1 amide bonds. The second-order valence-corrected chi connectivity index (χ2v) is 8.39. The van der Waals surface area contributed by atoms with E-state index in [4.69, 9.17) is 4.74 Å². The average Bonchev–Trinajstić information content (AvgIpc) is 2.98. The van der Waals surface area contributed by atoms with Crippen LogP contribution in [0, 0.1) is 10.1 Å². The molecule has 0 aromatic heterocycles. The molecule has 25 heavy (non-hydrogen) atoms. The van der Waals surface area contributed by atoms with E-state index in [0.717, 1.165) is 12.1 Å². The summed E-state index contributed by atoms with van der Waals surface area (Å²) in [5, 5.41) is 11.2. The van der Waals surface area contributed by atoms with Gasteiger partial charge in [0.1, 0.15) is 5.60 Å². The topological polar surface area (TPSA) is 107 Å². The standard InChI is InChI=1S/C16H20N2O6S/c1-16(2,3)24-15(19)17(12-8-4-5-9-12)25(22,23)14-11-7-6-10-13(14)18(20)21/h4-7,10-12H,8-9H2,1-3H3. The van der Waals surface area contributed by atoms with E-state index in [1.807, 2.05) is 0 Å². The summed E-state index contributed by atoms with van der Waals surface area (Å²) in [4.78, 5) is 22.5. The Morgan fingerprint density at radius 2 is 1.80 bits per heavy atom. The molecule has 9 heteroatoms. The minimum Gasteiger partial charge on any atom is -0.443 e. The molecule has 1 aliphatic carbocycles. The van der Waals surface area contributed by atoms with Gasteiger partial charge in [-0.2, -0.15) is 4.31 Å². The molecule has 2 rings (SSSR count). The van der Waals surface area contributed by atoms with Crippen molar-refractivity contribution < 1.29 is 22.9 Å². The number of carbonyl (C=O) groups is 1. The molecule has 0 unspecified atom stereocenters. The number of nitro groups is 1. The Morgan fingerprint density at radius 1 is 1.24 bits per heavy atom. The van der Waals surface area contributed by atoms with Gasteiger partial charge in [-0.05, 0) is 39.7 Å². The predicted molar refractivity (Wildman–Crippen MR) is 90.5 cm³/mol. The number of nitro benzene ring substituents is 1. The van der Waals surface area contributed by atoms with Gasteiger partial charge in [0, 0.05) is 6.07 Å². The van der Waals surface area contributed by atoms with Crippen molar-refractivity contribution in [1.29, 1.82) is 0 Å². The van der Waals surface area contributed by atoms with Crippen LogP contribution in [0.2, 0.25) is 0 Å². The third-order valence-corrected chi connectivity index (χ3v) is 5.35. The van der Waals surface area contributed by atoms with E-state index < -0.39 is 43.3 Å². The monoisotopic (exact) mass is 368 g/mol. The van der Waals surface area contributed by atoms with Crippen LogP contribution in [0.5, 0.6) is 0 Å². The minimum atomic E-state index is -4.45. The number of amides is 1. The zero-order valence-electron chi connectivity index (χ0n) is 14.2. The van der Waals surface area contributed by atoms with Crippen LogP contribution in [0.4, 0.5) is 10.5 Å². The van der Waals surface area contributed by atoms with E-state index in [1.54, 1.807) is 32.9 Å². The van der Waals surface area contributed by atoms with Crippen molar-refractivity contribution in [2.75, 3.05) is 0 Å². The summed E-state index contributed by atoms with van der Waals surface area (Å²) in [5.41, 5.74) is -1.48. The third kappa shape index (κ3) is 4.16. The Kier molecular flexibility index (Phi) is 5.17. The number of carbonyl (C=O) groups excluding carboxylic acids is 1. The van der Waals surface area contributed by atoms with Crippen LogP contribution in [-0.2, 0) is 14.8 Å². The molecule has 0 spiro atoms. The van der Waals surface area contributed by atoms with Crippen molar-refractivity contribution in [3.8, 4) is 0 Å². The van der Waals surface area contributed by atoms with Gasteiger partial charge in [-0.1, -0.05) is 24.3 Å². The van der Waals surface area contributed by atoms with Crippen molar-refractivity contribution in [3.63, 3.8) is 0 Å². The molecule has 0 aliphatic heterocycles. The van der Waals surface area contributed by atoms with Crippen LogP contribution >= 0.6 is 0 Å². The van der Waals surface area contributed by atoms with Gasteiger partial charge in [-0.3, -0.25) is 10.1 Å². The molecule has 1 aliphatic rings. The van der Waals surface area contributed by atoms with E-state index in [9.17, 15) is 23.3 Å². The molecule has 0 saturated heterocycles. The zero-order chi connectivity index (χ0) is 18.8. The van der Waals surface area contributed by atoms with Gasteiger partial charge < -0.3 is 4.74 Å². The summed E-state index contributed by atoms with van der Waals surface area (Å²) >= 11 is 0. The summed E-state index contributed by atoms with van der Waals surface area (Å²) in [6, 6.07) is 4.28. The number of rotatable bonds is 4. The zero-order valence-corrected chi connectivity index (χ0v) is 15.0. The van der Waals surface area contributed by atoms with E-state index >= 15 is 0 Å². The summed E-state index contributed by atoms with van der Waals surface area (Å²) in [6.07, 6.45) is 3.14. The fourth-order valence-corrected chi connectivity index (χ4v) is 4.14. The molecule has 0 atom stereocenters. The maximum absolute atomic E-state index is 13.1. The van der Waals surface area contributed by atoms with Crippen LogP contribution in [0.15, 0.2) is 41.3 Å². The fourth-order valence-electron chi connectivity index (χ4n) is 2.48. The number of nitrogens with zero attached hydrogens (tertiary/aromatic N) is 2. The first kappa shape index (κ1) is 18.9. The highest BCUT2D eigenvalue weighted by molar-refractivity contribution is 7.89. The quantitative estimate of drug-likeness (QED) is 0.459. The van der Waals surface area contributed by atoms with Gasteiger partial charge in [0.25, 0.3) is 15.7 Å². The highest BCUT2D eigenvalue weighted by atomic mass is 32.2. The number of hydrogen-bond acceptors (Lipinski definition) is 6. The Hall–Kier alpha value is -2.42. The molecule has 1 aromatic carbocycles. The van der Waals surface area contributed by atoms with Crippen molar-refractivity contribution in [2.45, 2.75) is 50.2 Å². The fraction of sp³-hybridized carbons (Fsp3) is 0.438. The van der Waals surface area contributed by atoms with Crippen LogP contribution in [0.3, 0.4) is 0 Å². The summed E-state index contributed by atoms with van der Waals surface area (Å²) < 4.78 is 32.0. The van der Waals surface area contributed by atoms with Crippen LogP contribution in [0.25, 0.3) is 0 Å². The van der Waals surface area contributed by atoms with E-state index in [2.05, 4.69) is 0 Å².